The first kappa shape index (κ1) is 18.5. The van der Waals surface area contributed by atoms with E-state index < -0.39 is 0 Å². The lowest BCUT2D eigenvalue weighted by atomic mass is 10.5. The maximum absolute atomic E-state index is 4.88. The van der Waals surface area contributed by atoms with Gasteiger partial charge in [0, 0.05) is 5.08 Å². The minimum atomic E-state index is 0.0457. The van der Waals surface area contributed by atoms with Crippen molar-refractivity contribution in [3.05, 3.63) is 0 Å². The molecular weight excluding hydrogens is 357 g/mol. The Bertz CT molecular complexity index is 230. The van der Waals surface area contributed by atoms with Crippen molar-refractivity contribution in [2.24, 2.45) is 0 Å². The van der Waals surface area contributed by atoms with Gasteiger partial charge in [-0.2, -0.15) is 25.3 Å². The molecule has 0 saturated carbocycles. The highest BCUT2D eigenvalue weighted by atomic mass is 32.3. The molecule has 0 amide bonds. The number of thioether (sulfide) groups is 5. The van der Waals surface area contributed by atoms with Gasteiger partial charge >= 0.3 is 0 Å². The van der Waals surface area contributed by atoms with Crippen LogP contribution in [0.1, 0.15) is 27.7 Å². The van der Waals surface area contributed by atoms with Gasteiger partial charge in [0.25, 0.3) is 0 Å². The standard InChI is InChI=1S/C11H22S7/c1-5-16-10(3,12)8-14-7-15-9(18-8)11(4,13)17-6-2/h8-9,12-13H,5-7H2,1-4H3. The van der Waals surface area contributed by atoms with Gasteiger partial charge in [-0.05, 0) is 25.4 Å². The Morgan fingerprint density at radius 3 is 1.72 bits per heavy atom. The number of rotatable bonds is 6. The first-order valence-corrected chi connectivity index (χ1v) is 11.9. The van der Waals surface area contributed by atoms with Crippen LogP contribution in [-0.2, 0) is 0 Å². The van der Waals surface area contributed by atoms with Crippen LogP contribution >= 0.6 is 84.1 Å². The fraction of sp³-hybridized carbons (Fsp3) is 1.00. The summed E-state index contributed by atoms with van der Waals surface area (Å²) in [5.74, 6) is 2.24. The summed E-state index contributed by atoms with van der Waals surface area (Å²) in [5.41, 5.74) is 0. The van der Waals surface area contributed by atoms with Gasteiger partial charge in [-0.25, -0.2) is 0 Å². The summed E-state index contributed by atoms with van der Waals surface area (Å²) in [5, 5.41) is 1.16. The third-order valence-corrected chi connectivity index (χ3v) is 12.8. The largest absolute Gasteiger partial charge is 0.160 e. The van der Waals surface area contributed by atoms with Crippen LogP contribution in [-0.4, -0.2) is 33.9 Å². The Hall–Kier alpha value is 2.45. The smallest absolute Gasteiger partial charge is 0.0763 e. The van der Waals surface area contributed by atoms with Crippen LogP contribution in [0.25, 0.3) is 0 Å². The Morgan fingerprint density at radius 2 is 1.39 bits per heavy atom. The number of hydrogen-bond acceptors (Lipinski definition) is 7. The molecule has 0 nitrogen and oxygen atoms in total. The molecule has 0 aliphatic carbocycles. The quantitative estimate of drug-likeness (QED) is 0.454. The van der Waals surface area contributed by atoms with Crippen molar-refractivity contribution >= 4 is 84.1 Å². The fourth-order valence-corrected chi connectivity index (χ4v) is 11.4. The molecule has 1 heterocycles. The van der Waals surface area contributed by atoms with E-state index in [1.54, 1.807) is 0 Å². The summed E-state index contributed by atoms with van der Waals surface area (Å²) in [6.45, 7) is 8.92. The first-order chi connectivity index (χ1) is 8.33. The number of thiol groups is 2. The molecule has 4 atom stereocenters. The Balaban J connectivity index is 2.66. The van der Waals surface area contributed by atoms with Crippen molar-refractivity contribution in [3.63, 3.8) is 0 Å². The average molecular weight is 379 g/mol. The summed E-state index contributed by atoms with van der Waals surface area (Å²) >= 11 is 19.8. The van der Waals surface area contributed by atoms with Crippen LogP contribution in [0, 0.1) is 0 Å². The third-order valence-electron chi connectivity index (χ3n) is 2.43. The van der Waals surface area contributed by atoms with Gasteiger partial charge in [-0.1, -0.05) is 13.8 Å². The lowest BCUT2D eigenvalue weighted by molar-refractivity contribution is 0.971. The monoisotopic (exact) mass is 378 g/mol. The summed E-state index contributed by atoms with van der Waals surface area (Å²) in [7, 11) is 0. The van der Waals surface area contributed by atoms with Crippen LogP contribution in [0.5, 0.6) is 0 Å². The Kier molecular flexibility index (Phi) is 8.41. The summed E-state index contributed by atoms with van der Waals surface area (Å²) < 4.78 is 1.18. The molecule has 0 bridgehead atoms. The van der Waals surface area contributed by atoms with Crippen LogP contribution in [0.2, 0.25) is 0 Å². The van der Waals surface area contributed by atoms with Gasteiger partial charge < -0.3 is 0 Å². The zero-order chi connectivity index (χ0) is 13.8. The van der Waals surface area contributed by atoms with Crippen molar-refractivity contribution in [1.82, 2.24) is 0 Å². The SMILES string of the molecule is CCSC(C)(S)C1SCSC(C(C)(S)SCC)S1. The van der Waals surface area contributed by atoms with Crippen LogP contribution in [0.3, 0.4) is 0 Å². The van der Waals surface area contributed by atoms with E-state index in [-0.39, 0.29) is 8.16 Å². The average Bonchev–Trinajstić information content (AvgIpc) is 2.29. The fourth-order valence-electron chi connectivity index (χ4n) is 1.64. The second-order valence-electron chi connectivity index (χ2n) is 4.23. The van der Waals surface area contributed by atoms with Crippen molar-refractivity contribution < 1.29 is 0 Å². The molecule has 1 fully saturated rings. The van der Waals surface area contributed by atoms with Gasteiger partial charge in [0.1, 0.15) is 0 Å². The van der Waals surface area contributed by atoms with Gasteiger partial charge in [-0.15, -0.1) is 58.8 Å². The second-order valence-corrected chi connectivity index (χ2v) is 14.5. The third kappa shape index (κ3) is 5.34. The Labute approximate surface area is 144 Å². The van der Waals surface area contributed by atoms with E-state index in [2.05, 4.69) is 39.5 Å². The molecule has 1 aliphatic rings. The number of hydrogen-bond donors (Lipinski definition) is 2. The lowest BCUT2D eigenvalue weighted by Gasteiger charge is -2.42. The van der Waals surface area contributed by atoms with E-state index in [4.69, 9.17) is 25.3 Å². The molecule has 4 unspecified atom stereocenters. The van der Waals surface area contributed by atoms with E-state index in [0.29, 0.717) is 9.16 Å². The summed E-state index contributed by atoms with van der Waals surface area (Å²) in [6, 6.07) is 0. The zero-order valence-electron chi connectivity index (χ0n) is 11.2. The van der Waals surface area contributed by atoms with E-state index in [1.807, 2.05) is 47.0 Å². The Morgan fingerprint density at radius 1 is 1.00 bits per heavy atom. The molecule has 0 radical (unpaired) electrons. The second kappa shape index (κ2) is 8.18. The molecule has 0 spiro atoms. The summed E-state index contributed by atoms with van der Waals surface area (Å²) in [4.78, 5) is 0. The molecule has 1 rings (SSSR count). The van der Waals surface area contributed by atoms with Crippen LogP contribution in [0.4, 0.5) is 0 Å². The van der Waals surface area contributed by atoms with Crippen LogP contribution < -0.4 is 0 Å². The van der Waals surface area contributed by atoms with E-state index in [0.717, 1.165) is 16.6 Å². The minimum absolute atomic E-state index is 0.0457. The van der Waals surface area contributed by atoms with E-state index in [9.17, 15) is 0 Å². The highest BCUT2D eigenvalue weighted by Gasteiger charge is 2.42. The van der Waals surface area contributed by atoms with Crippen molar-refractivity contribution in [2.45, 2.75) is 45.0 Å². The maximum atomic E-state index is 4.88. The predicted octanol–water partition coefficient (Wildman–Crippen LogP) is 5.61. The molecule has 0 aromatic rings. The van der Waals surface area contributed by atoms with Gasteiger partial charge in [0.2, 0.25) is 0 Å². The normalized spacial score (nSPS) is 31.7. The zero-order valence-corrected chi connectivity index (χ0v) is 17.1. The molecule has 18 heavy (non-hydrogen) atoms. The van der Waals surface area contributed by atoms with E-state index in [1.165, 1.54) is 0 Å². The van der Waals surface area contributed by atoms with E-state index >= 15 is 0 Å². The van der Waals surface area contributed by atoms with Crippen molar-refractivity contribution in [3.8, 4) is 0 Å². The van der Waals surface area contributed by atoms with Gasteiger partial charge in [-0.3, -0.25) is 0 Å². The highest BCUT2D eigenvalue weighted by Crippen LogP contribution is 2.57. The molecule has 0 aromatic heterocycles. The highest BCUT2D eigenvalue weighted by molar-refractivity contribution is 8.35. The summed E-state index contributed by atoms with van der Waals surface area (Å²) in [6.07, 6.45) is 0. The molecule has 0 N–H and O–H groups in total. The molecule has 7 heteroatoms. The molecular formula is C11H22S7. The lowest BCUT2D eigenvalue weighted by Crippen LogP contribution is -2.35. The van der Waals surface area contributed by atoms with Crippen molar-refractivity contribution in [2.75, 3.05) is 16.6 Å². The van der Waals surface area contributed by atoms with Crippen LogP contribution in [0.15, 0.2) is 0 Å². The predicted molar refractivity (Wildman–Crippen MR) is 106 cm³/mol. The van der Waals surface area contributed by atoms with Gasteiger partial charge in [0.15, 0.2) is 0 Å². The first-order valence-electron chi connectivity index (χ1n) is 5.94. The minimum Gasteiger partial charge on any atom is -0.160 e. The molecule has 1 saturated heterocycles. The molecule has 108 valence electrons. The van der Waals surface area contributed by atoms with Gasteiger partial charge in [0.05, 0.1) is 17.3 Å². The maximum Gasteiger partial charge on any atom is 0.0763 e. The van der Waals surface area contributed by atoms with Crippen molar-refractivity contribution in [1.29, 1.82) is 0 Å². The molecule has 1 aliphatic heterocycles. The topological polar surface area (TPSA) is 0 Å². The molecule has 0 aromatic carbocycles.